The molecule has 4 aromatic rings. The second-order valence-electron chi connectivity index (χ2n) is 6.74. The molecule has 156 valence electrons. The first-order chi connectivity index (χ1) is 14.7. The van der Waals surface area contributed by atoms with E-state index in [9.17, 15) is 4.79 Å². The normalized spacial score (nSPS) is 12.4. The smallest absolute Gasteiger partial charge is 0.238 e. The molecule has 0 saturated carbocycles. The number of ether oxygens (including phenoxy) is 1. The largest absolute Gasteiger partial charge is 0.492 e. The van der Waals surface area contributed by atoms with Gasteiger partial charge in [-0.25, -0.2) is 0 Å². The summed E-state index contributed by atoms with van der Waals surface area (Å²) in [5, 5.41) is 12.2. The second-order valence-corrected chi connectivity index (χ2v) is 7.93. The van der Waals surface area contributed by atoms with E-state index in [-0.39, 0.29) is 11.2 Å². The van der Waals surface area contributed by atoms with Gasteiger partial charge in [-0.05, 0) is 25.5 Å². The Morgan fingerprint density at radius 2 is 2.03 bits per heavy atom. The molecule has 8 heteroatoms. The lowest BCUT2D eigenvalue weighted by Crippen LogP contribution is -2.25. The molecule has 1 N–H and O–H groups in total. The predicted octanol–water partition coefficient (Wildman–Crippen LogP) is 4.95. The molecule has 7 nitrogen and oxygen atoms in total. The van der Waals surface area contributed by atoms with Crippen LogP contribution in [-0.2, 0) is 11.2 Å². The fraction of sp³-hybridized carbons (Fsp3) is 0.318. The Balaban J connectivity index is 1.62. The van der Waals surface area contributed by atoms with Gasteiger partial charge in [0.1, 0.15) is 16.6 Å². The van der Waals surface area contributed by atoms with E-state index >= 15 is 0 Å². The van der Waals surface area contributed by atoms with E-state index in [2.05, 4.69) is 19.9 Å². The van der Waals surface area contributed by atoms with Crippen LogP contribution in [0.1, 0.15) is 33.0 Å². The van der Waals surface area contributed by atoms with E-state index < -0.39 is 0 Å². The van der Waals surface area contributed by atoms with Crippen LogP contribution in [0.3, 0.4) is 0 Å². The van der Waals surface area contributed by atoms with Gasteiger partial charge >= 0.3 is 0 Å². The summed E-state index contributed by atoms with van der Waals surface area (Å²) in [7, 11) is 0. The summed E-state index contributed by atoms with van der Waals surface area (Å²) in [4.78, 5) is 13.0. The zero-order valence-corrected chi connectivity index (χ0v) is 18.0. The number of furan rings is 1. The van der Waals surface area contributed by atoms with Gasteiger partial charge in [0.25, 0.3) is 0 Å². The lowest BCUT2D eigenvalue weighted by atomic mass is 10.2. The molecule has 30 heavy (non-hydrogen) atoms. The van der Waals surface area contributed by atoms with Crippen molar-refractivity contribution in [1.82, 2.24) is 14.6 Å². The Kier molecular flexibility index (Phi) is 5.94. The van der Waals surface area contributed by atoms with Gasteiger partial charge in [-0.2, -0.15) is 0 Å². The number of rotatable bonds is 8. The number of benzene rings is 1. The maximum atomic E-state index is 13.0. The Morgan fingerprint density at radius 1 is 1.20 bits per heavy atom. The first kappa shape index (κ1) is 20.3. The number of carbonyl (C=O) groups excluding carboxylic acids is 1. The van der Waals surface area contributed by atoms with Gasteiger partial charge in [0.2, 0.25) is 5.91 Å². The molecule has 1 amide bonds. The molecule has 3 heterocycles. The van der Waals surface area contributed by atoms with Crippen molar-refractivity contribution in [2.45, 2.75) is 43.9 Å². The molecule has 0 saturated heterocycles. The number of fused-ring (bicyclic) bond motifs is 3. The molecule has 0 aliphatic rings. The van der Waals surface area contributed by atoms with Gasteiger partial charge in [0.05, 0.1) is 34.8 Å². The number of aromatic nitrogens is 3. The molecule has 1 aromatic carbocycles. The van der Waals surface area contributed by atoms with Crippen molar-refractivity contribution in [3.63, 3.8) is 0 Å². The SMILES string of the molecule is CCOc1ccccc1NC(=O)C(CC)Sc1nnc(CC)n2c1cc1occc12. The van der Waals surface area contributed by atoms with Crippen molar-refractivity contribution in [3.05, 3.63) is 48.5 Å². The minimum atomic E-state index is -0.327. The molecule has 0 bridgehead atoms. The number of nitrogens with one attached hydrogen (secondary N) is 1. The number of hydrogen-bond donors (Lipinski definition) is 1. The first-order valence-electron chi connectivity index (χ1n) is 10.1. The topological polar surface area (TPSA) is 81.7 Å². The van der Waals surface area contributed by atoms with Crippen molar-refractivity contribution < 1.29 is 13.9 Å². The molecule has 3 aromatic heterocycles. The number of hydrogen-bond acceptors (Lipinski definition) is 6. The predicted molar refractivity (Wildman–Crippen MR) is 118 cm³/mol. The van der Waals surface area contributed by atoms with Crippen LogP contribution in [0.4, 0.5) is 5.69 Å². The van der Waals surface area contributed by atoms with Crippen LogP contribution < -0.4 is 10.1 Å². The average molecular weight is 425 g/mol. The summed E-state index contributed by atoms with van der Waals surface area (Å²) < 4.78 is 13.3. The molecule has 0 aliphatic heterocycles. The average Bonchev–Trinajstić information content (AvgIpc) is 3.35. The van der Waals surface area contributed by atoms with Crippen molar-refractivity contribution in [2.75, 3.05) is 11.9 Å². The molecule has 1 atom stereocenters. The zero-order chi connectivity index (χ0) is 21.1. The molecule has 0 fully saturated rings. The van der Waals surface area contributed by atoms with Crippen molar-refractivity contribution in [3.8, 4) is 5.75 Å². The quantitative estimate of drug-likeness (QED) is 0.403. The second kappa shape index (κ2) is 8.79. The van der Waals surface area contributed by atoms with Crippen LogP contribution in [0.5, 0.6) is 5.75 Å². The minimum Gasteiger partial charge on any atom is -0.492 e. The Bertz CT molecular complexity index is 1180. The van der Waals surface area contributed by atoms with Gasteiger partial charge < -0.3 is 14.5 Å². The van der Waals surface area contributed by atoms with E-state index in [4.69, 9.17) is 9.15 Å². The maximum Gasteiger partial charge on any atom is 0.238 e. The summed E-state index contributed by atoms with van der Waals surface area (Å²) in [6, 6.07) is 11.3. The lowest BCUT2D eigenvalue weighted by Gasteiger charge is -2.17. The van der Waals surface area contributed by atoms with Gasteiger partial charge in [-0.1, -0.05) is 37.7 Å². The Labute approximate surface area is 178 Å². The number of aryl methyl sites for hydroxylation is 1. The maximum absolute atomic E-state index is 13.0. The van der Waals surface area contributed by atoms with Crippen LogP contribution in [0, 0.1) is 0 Å². The molecule has 0 radical (unpaired) electrons. The number of para-hydroxylation sites is 2. The molecular formula is C22H24N4O3S. The molecule has 1 unspecified atom stereocenters. The lowest BCUT2D eigenvalue weighted by molar-refractivity contribution is -0.115. The Hall–Kier alpha value is -3.00. The number of carbonyl (C=O) groups is 1. The highest BCUT2D eigenvalue weighted by Crippen LogP contribution is 2.33. The number of amides is 1. The van der Waals surface area contributed by atoms with E-state index in [0.717, 1.165) is 28.9 Å². The van der Waals surface area contributed by atoms with Crippen molar-refractivity contribution in [2.24, 2.45) is 0 Å². The molecular weight excluding hydrogens is 400 g/mol. The number of anilines is 1. The summed E-state index contributed by atoms with van der Waals surface area (Å²) >= 11 is 1.41. The van der Waals surface area contributed by atoms with Crippen LogP contribution >= 0.6 is 11.8 Å². The van der Waals surface area contributed by atoms with Gasteiger partial charge in [0.15, 0.2) is 5.58 Å². The first-order valence-corrected chi connectivity index (χ1v) is 11.0. The van der Waals surface area contributed by atoms with E-state index in [1.54, 1.807) is 6.26 Å². The van der Waals surface area contributed by atoms with Crippen LogP contribution in [0.25, 0.3) is 16.6 Å². The summed E-state index contributed by atoms with van der Waals surface area (Å²) in [6.45, 7) is 6.48. The summed E-state index contributed by atoms with van der Waals surface area (Å²) in [5.74, 6) is 1.42. The highest BCUT2D eigenvalue weighted by Gasteiger charge is 2.23. The standard InChI is InChI=1S/C22H24N4O3S/c1-4-19(21(27)23-14-9-7-8-10-17(14)28-6-3)30-22-16-13-18-15(11-12-29-18)26(16)20(5-2)24-25-22/h7-13,19H,4-6H2,1-3H3,(H,23,27). The number of thioether (sulfide) groups is 1. The summed E-state index contributed by atoms with van der Waals surface area (Å²) in [5.41, 5.74) is 3.31. The monoisotopic (exact) mass is 424 g/mol. The molecule has 0 aliphatic carbocycles. The third-order valence-corrected chi connectivity index (χ3v) is 6.18. The van der Waals surface area contributed by atoms with Crippen molar-refractivity contribution >= 4 is 40.0 Å². The molecule has 0 spiro atoms. The zero-order valence-electron chi connectivity index (χ0n) is 17.2. The third-order valence-electron chi connectivity index (χ3n) is 4.83. The van der Waals surface area contributed by atoms with Crippen molar-refractivity contribution in [1.29, 1.82) is 0 Å². The van der Waals surface area contributed by atoms with Crippen LogP contribution in [-0.4, -0.2) is 32.4 Å². The van der Waals surface area contributed by atoms with Crippen LogP contribution in [0.2, 0.25) is 0 Å². The highest BCUT2D eigenvalue weighted by atomic mass is 32.2. The van der Waals surface area contributed by atoms with Gasteiger partial charge in [-0.3, -0.25) is 9.20 Å². The van der Waals surface area contributed by atoms with E-state index in [0.29, 0.717) is 29.5 Å². The van der Waals surface area contributed by atoms with E-state index in [1.807, 2.05) is 57.2 Å². The number of nitrogens with zero attached hydrogens (tertiary/aromatic N) is 3. The highest BCUT2D eigenvalue weighted by molar-refractivity contribution is 8.00. The van der Waals surface area contributed by atoms with Gasteiger partial charge in [0, 0.05) is 18.6 Å². The van der Waals surface area contributed by atoms with Crippen LogP contribution in [0.15, 0.2) is 52.1 Å². The molecule has 4 rings (SSSR count). The summed E-state index contributed by atoms with van der Waals surface area (Å²) in [6.07, 6.45) is 3.06. The van der Waals surface area contributed by atoms with Gasteiger partial charge in [-0.15, -0.1) is 10.2 Å². The van der Waals surface area contributed by atoms with E-state index in [1.165, 1.54) is 11.8 Å². The fourth-order valence-corrected chi connectivity index (χ4v) is 4.36. The minimum absolute atomic E-state index is 0.0931. The third kappa shape index (κ3) is 3.75. The fourth-order valence-electron chi connectivity index (χ4n) is 3.39. The Morgan fingerprint density at radius 3 is 2.80 bits per heavy atom.